The van der Waals surface area contributed by atoms with E-state index in [0.29, 0.717) is 4.88 Å². The van der Waals surface area contributed by atoms with Crippen molar-refractivity contribution >= 4 is 23.5 Å². The fraction of sp³-hybridized carbons (Fsp3) is 0. The number of thiophene rings is 1. The van der Waals surface area contributed by atoms with Gasteiger partial charge >= 0.3 is 0 Å². The molecule has 7 heteroatoms. The normalized spacial score (nSPS) is 11.0. The predicted octanol–water partition coefficient (Wildman–Crippen LogP) is 4.60. The van der Waals surface area contributed by atoms with E-state index in [9.17, 15) is 18.0 Å². The Morgan fingerprint density at radius 3 is 2.40 bits per heavy atom. The van der Waals surface area contributed by atoms with Crippen molar-refractivity contribution in [2.24, 2.45) is 5.10 Å². The molecule has 0 atom stereocenters. The van der Waals surface area contributed by atoms with Gasteiger partial charge < -0.3 is 0 Å². The maximum absolute atomic E-state index is 13.4. The third-order valence-corrected chi connectivity index (χ3v) is 4.42. The number of amides is 1. The van der Waals surface area contributed by atoms with Crippen LogP contribution in [0, 0.1) is 17.5 Å². The van der Waals surface area contributed by atoms with Gasteiger partial charge in [0.1, 0.15) is 17.5 Å². The van der Waals surface area contributed by atoms with Gasteiger partial charge in [-0.15, -0.1) is 11.3 Å². The van der Waals surface area contributed by atoms with Crippen LogP contribution in [0.15, 0.2) is 59.7 Å². The summed E-state index contributed by atoms with van der Waals surface area (Å²) in [5.74, 6) is -2.25. The molecule has 0 saturated carbocycles. The van der Waals surface area contributed by atoms with Crippen LogP contribution in [0.5, 0.6) is 0 Å². The lowest BCUT2D eigenvalue weighted by Crippen LogP contribution is -2.16. The molecule has 0 aliphatic carbocycles. The van der Waals surface area contributed by atoms with Crippen molar-refractivity contribution in [1.82, 2.24) is 5.43 Å². The van der Waals surface area contributed by atoms with Crippen molar-refractivity contribution in [3.05, 3.63) is 82.5 Å². The van der Waals surface area contributed by atoms with Crippen LogP contribution in [0.1, 0.15) is 15.2 Å². The van der Waals surface area contributed by atoms with Gasteiger partial charge in [-0.25, -0.2) is 18.6 Å². The number of halogens is 3. The highest BCUT2D eigenvalue weighted by molar-refractivity contribution is 7.17. The van der Waals surface area contributed by atoms with E-state index in [-0.39, 0.29) is 11.4 Å². The van der Waals surface area contributed by atoms with Gasteiger partial charge in [0, 0.05) is 16.5 Å². The highest BCUT2D eigenvalue weighted by Crippen LogP contribution is 2.28. The minimum atomic E-state index is -0.771. The van der Waals surface area contributed by atoms with Crippen LogP contribution in [0.4, 0.5) is 13.2 Å². The molecule has 0 saturated heterocycles. The maximum atomic E-state index is 13.4. The van der Waals surface area contributed by atoms with E-state index in [4.69, 9.17) is 0 Å². The zero-order chi connectivity index (χ0) is 17.8. The van der Waals surface area contributed by atoms with Crippen molar-refractivity contribution in [2.45, 2.75) is 0 Å². The van der Waals surface area contributed by atoms with Crippen molar-refractivity contribution in [3.8, 4) is 10.4 Å². The molecule has 1 N–H and O–H groups in total. The number of rotatable bonds is 4. The fourth-order valence-electron chi connectivity index (χ4n) is 2.05. The van der Waals surface area contributed by atoms with Gasteiger partial charge in [-0.05, 0) is 42.0 Å². The van der Waals surface area contributed by atoms with E-state index in [2.05, 4.69) is 10.5 Å². The second-order valence-electron chi connectivity index (χ2n) is 5.04. The predicted molar refractivity (Wildman–Crippen MR) is 91.1 cm³/mol. The number of benzene rings is 2. The molecule has 0 aliphatic heterocycles. The number of carbonyl (C=O) groups is 1. The summed E-state index contributed by atoms with van der Waals surface area (Å²) < 4.78 is 39.2. The number of nitrogens with one attached hydrogen (secondary N) is 1. The summed E-state index contributed by atoms with van der Waals surface area (Å²) in [7, 11) is 0. The fourth-order valence-corrected chi connectivity index (χ4v) is 2.95. The monoisotopic (exact) mass is 360 g/mol. The molecule has 25 heavy (non-hydrogen) atoms. The molecule has 1 amide bonds. The average molecular weight is 360 g/mol. The molecule has 0 fully saturated rings. The van der Waals surface area contributed by atoms with Gasteiger partial charge in [0.25, 0.3) is 5.91 Å². The molecule has 2 aromatic carbocycles. The Morgan fingerprint density at radius 1 is 0.960 bits per heavy atom. The number of hydrazone groups is 1. The highest BCUT2D eigenvalue weighted by Gasteiger charge is 2.10. The molecule has 1 heterocycles. The molecule has 0 bridgehead atoms. The van der Waals surface area contributed by atoms with Gasteiger partial charge in [-0.1, -0.05) is 12.1 Å². The standard InChI is InChI=1S/C18H11F3N2OS/c19-13-4-1-11(2-5-13)16-7-8-17(25-16)18(24)23-22-10-12-3-6-14(20)9-15(12)21/h1-10H,(H,23,24)/b22-10-. The van der Waals surface area contributed by atoms with E-state index in [1.807, 2.05) is 0 Å². The van der Waals surface area contributed by atoms with E-state index in [0.717, 1.165) is 28.8 Å². The summed E-state index contributed by atoms with van der Waals surface area (Å²) >= 11 is 1.22. The van der Waals surface area contributed by atoms with Crippen molar-refractivity contribution < 1.29 is 18.0 Å². The third-order valence-electron chi connectivity index (χ3n) is 3.29. The molecule has 0 radical (unpaired) electrons. The SMILES string of the molecule is O=C(N/N=C\c1ccc(F)cc1F)c1ccc(-c2ccc(F)cc2)s1. The Balaban J connectivity index is 1.67. The molecule has 0 unspecified atom stereocenters. The molecular formula is C18H11F3N2OS. The largest absolute Gasteiger partial charge is 0.281 e. The smallest absolute Gasteiger partial charge is 0.266 e. The lowest BCUT2D eigenvalue weighted by atomic mass is 10.2. The first-order valence-corrected chi connectivity index (χ1v) is 7.99. The third kappa shape index (κ3) is 4.13. The van der Waals surface area contributed by atoms with Crippen molar-refractivity contribution in [3.63, 3.8) is 0 Å². The summed E-state index contributed by atoms with van der Waals surface area (Å²) in [6.45, 7) is 0. The van der Waals surface area contributed by atoms with Gasteiger partial charge in [0.15, 0.2) is 0 Å². The van der Waals surface area contributed by atoms with E-state index < -0.39 is 17.5 Å². The Bertz CT molecular complexity index is 936. The Morgan fingerprint density at radius 2 is 1.68 bits per heavy atom. The number of hydrogen-bond acceptors (Lipinski definition) is 3. The Kier molecular flexibility index (Phi) is 4.95. The second-order valence-corrected chi connectivity index (χ2v) is 6.12. The van der Waals surface area contributed by atoms with Crippen LogP contribution < -0.4 is 5.43 Å². The summed E-state index contributed by atoms with van der Waals surface area (Å²) in [6.07, 6.45) is 1.10. The number of hydrogen-bond donors (Lipinski definition) is 1. The molecule has 3 rings (SSSR count). The first-order chi connectivity index (χ1) is 12.0. The van der Waals surface area contributed by atoms with Crippen LogP contribution >= 0.6 is 11.3 Å². The lowest BCUT2D eigenvalue weighted by molar-refractivity contribution is 0.0959. The molecule has 3 nitrogen and oxygen atoms in total. The number of carbonyl (C=O) groups excluding carboxylic acids is 1. The van der Waals surface area contributed by atoms with Crippen molar-refractivity contribution in [1.29, 1.82) is 0 Å². The van der Waals surface area contributed by atoms with Crippen LogP contribution in [0.2, 0.25) is 0 Å². The average Bonchev–Trinajstić information content (AvgIpc) is 3.07. The maximum Gasteiger partial charge on any atom is 0.281 e. The quantitative estimate of drug-likeness (QED) is 0.536. The molecule has 0 spiro atoms. The van der Waals surface area contributed by atoms with Gasteiger partial charge in [0.2, 0.25) is 0 Å². The Labute approximate surface area is 145 Å². The Hall–Kier alpha value is -2.93. The summed E-state index contributed by atoms with van der Waals surface area (Å²) in [4.78, 5) is 13.2. The van der Waals surface area contributed by atoms with Crippen LogP contribution in [-0.4, -0.2) is 12.1 Å². The van der Waals surface area contributed by atoms with Gasteiger partial charge in [-0.3, -0.25) is 4.79 Å². The molecule has 0 aliphatic rings. The van der Waals surface area contributed by atoms with E-state index in [1.54, 1.807) is 24.3 Å². The first-order valence-electron chi connectivity index (χ1n) is 7.17. The highest BCUT2D eigenvalue weighted by atomic mass is 32.1. The molecule has 1 aromatic heterocycles. The van der Waals surface area contributed by atoms with Crippen molar-refractivity contribution in [2.75, 3.05) is 0 Å². The minimum absolute atomic E-state index is 0.0554. The molecule has 3 aromatic rings. The van der Waals surface area contributed by atoms with Crippen LogP contribution in [0.3, 0.4) is 0 Å². The summed E-state index contributed by atoms with van der Waals surface area (Å²) in [5, 5.41) is 3.67. The second kappa shape index (κ2) is 7.31. The van der Waals surface area contributed by atoms with Gasteiger partial charge in [0.05, 0.1) is 11.1 Å². The van der Waals surface area contributed by atoms with Crippen LogP contribution in [-0.2, 0) is 0 Å². The van der Waals surface area contributed by atoms with E-state index in [1.165, 1.54) is 29.5 Å². The molecular weight excluding hydrogens is 349 g/mol. The number of nitrogens with zero attached hydrogens (tertiary/aromatic N) is 1. The van der Waals surface area contributed by atoms with Gasteiger partial charge in [-0.2, -0.15) is 5.10 Å². The van der Waals surface area contributed by atoms with Crippen LogP contribution in [0.25, 0.3) is 10.4 Å². The zero-order valence-corrected chi connectivity index (χ0v) is 13.5. The summed E-state index contributed by atoms with van der Waals surface area (Å²) in [5.41, 5.74) is 3.13. The lowest BCUT2D eigenvalue weighted by Gasteiger charge is -1.98. The molecule has 126 valence electrons. The summed E-state index contributed by atoms with van der Waals surface area (Å²) in [6, 6.07) is 12.3. The minimum Gasteiger partial charge on any atom is -0.266 e. The van der Waals surface area contributed by atoms with E-state index >= 15 is 0 Å². The zero-order valence-electron chi connectivity index (χ0n) is 12.7. The first kappa shape index (κ1) is 16.9. The topological polar surface area (TPSA) is 41.5 Å².